The highest BCUT2D eigenvalue weighted by atomic mass is 16.7. The predicted octanol–water partition coefficient (Wildman–Crippen LogP) is 2.77. The number of nitro benzene ring substituents is 1. The molecule has 0 saturated heterocycles. The first-order valence-corrected chi connectivity index (χ1v) is 6.80. The summed E-state index contributed by atoms with van der Waals surface area (Å²) in [6.45, 7) is 5.17. The van der Waals surface area contributed by atoms with Crippen LogP contribution in [0.2, 0.25) is 0 Å². The zero-order chi connectivity index (χ0) is 15.7. The smallest absolute Gasteiger partial charge is 0.273 e. The first-order chi connectivity index (χ1) is 10.1. The molecule has 0 saturated carbocycles. The second kappa shape index (κ2) is 9.15. The monoisotopic (exact) mass is 299 g/mol. The third-order valence-electron chi connectivity index (χ3n) is 2.67. The molecule has 0 aliphatic carbocycles. The van der Waals surface area contributed by atoms with Crippen molar-refractivity contribution in [3.8, 4) is 11.5 Å². The molecule has 0 fully saturated rings. The summed E-state index contributed by atoms with van der Waals surface area (Å²) in [6.07, 6.45) is 0.178. The first kappa shape index (κ1) is 17.2. The van der Waals surface area contributed by atoms with Gasteiger partial charge in [-0.1, -0.05) is 0 Å². The standard InChI is InChI=1S/C14H21NO6/c1-4-19-14(20-5-2)8-9-21-13-10-11(15(16)17)6-7-12(13)18-3/h6-7,10,14H,4-5,8-9H2,1-3H3. The van der Waals surface area contributed by atoms with Crippen LogP contribution in [0.25, 0.3) is 0 Å². The molecule has 0 heterocycles. The average molecular weight is 299 g/mol. The van der Waals surface area contributed by atoms with Gasteiger partial charge in [-0.3, -0.25) is 10.1 Å². The van der Waals surface area contributed by atoms with E-state index < -0.39 is 4.92 Å². The van der Waals surface area contributed by atoms with Gasteiger partial charge in [-0.2, -0.15) is 0 Å². The maximum atomic E-state index is 10.8. The Morgan fingerprint density at radius 3 is 2.38 bits per heavy atom. The van der Waals surface area contributed by atoms with Crippen LogP contribution < -0.4 is 9.47 Å². The molecule has 0 aromatic heterocycles. The van der Waals surface area contributed by atoms with E-state index in [1.807, 2.05) is 13.8 Å². The quantitative estimate of drug-likeness (QED) is 0.375. The Hall–Kier alpha value is -1.86. The molecule has 0 unspecified atom stereocenters. The minimum atomic E-state index is -0.477. The number of ether oxygens (including phenoxy) is 4. The van der Waals surface area contributed by atoms with Crippen LogP contribution in [0.4, 0.5) is 5.69 Å². The molecule has 1 aromatic rings. The van der Waals surface area contributed by atoms with Crippen LogP contribution in [-0.4, -0.2) is 38.1 Å². The van der Waals surface area contributed by atoms with Crippen LogP contribution in [-0.2, 0) is 9.47 Å². The van der Waals surface area contributed by atoms with Crippen LogP contribution in [0.5, 0.6) is 11.5 Å². The Kier molecular flexibility index (Phi) is 7.49. The van der Waals surface area contributed by atoms with E-state index in [1.165, 1.54) is 25.3 Å². The lowest BCUT2D eigenvalue weighted by Crippen LogP contribution is -2.20. The summed E-state index contributed by atoms with van der Waals surface area (Å²) in [6, 6.07) is 4.22. The van der Waals surface area contributed by atoms with Crippen molar-refractivity contribution in [2.45, 2.75) is 26.6 Å². The topological polar surface area (TPSA) is 80.1 Å². The van der Waals surface area contributed by atoms with Crippen molar-refractivity contribution in [3.05, 3.63) is 28.3 Å². The summed E-state index contributed by atoms with van der Waals surface area (Å²) >= 11 is 0. The van der Waals surface area contributed by atoms with Gasteiger partial charge in [0, 0.05) is 25.7 Å². The normalized spacial score (nSPS) is 10.7. The summed E-state index contributed by atoms with van der Waals surface area (Å²) in [7, 11) is 1.48. The molecule has 1 aromatic carbocycles. The van der Waals surface area contributed by atoms with E-state index >= 15 is 0 Å². The second-order valence-electron chi connectivity index (χ2n) is 4.07. The van der Waals surface area contributed by atoms with Crippen LogP contribution in [0.3, 0.4) is 0 Å². The van der Waals surface area contributed by atoms with Gasteiger partial charge in [-0.25, -0.2) is 0 Å². The molecule has 1 rings (SSSR count). The van der Waals surface area contributed by atoms with Gasteiger partial charge in [0.05, 0.1) is 24.7 Å². The molecule has 0 spiro atoms. The van der Waals surface area contributed by atoms with Gasteiger partial charge in [0.25, 0.3) is 5.69 Å². The predicted molar refractivity (Wildman–Crippen MR) is 76.8 cm³/mol. The zero-order valence-corrected chi connectivity index (χ0v) is 12.5. The molecule has 0 aliphatic rings. The number of nitro groups is 1. The zero-order valence-electron chi connectivity index (χ0n) is 12.5. The molecule has 21 heavy (non-hydrogen) atoms. The van der Waals surface area contributed by atoms with E-state index in [1.54, 1.807) is 0 Å². The number of rotatable bonds is 10. The fourth-order valence-corrected chi connectivity index (χ4v) is 1.74. The van der Waals surface area contributed by atoms with Crippen LogP contribution >= 0.6 is 0 Å². The van der Waals surface area contributed by atoms with E-state index in [0.717, 1.165) is 0 Å². The van der Waals surface area contributed by atoms with Crippen molar-refractivity contribution >= 4 is 5.69 Å². The van der Waals surface area contributed by atoms with Crippen molar-refractivity contribution in [1.82, 2.24) is 0 Å². The second-order valence-corrected chi connectivity index (χ2v) is 4.07. The number of hydrogen-bond donors (Lipinski definition) is 0. The number of hydrogen-bond acceptors (Lipinski definition) is 6. The SMILES string of the molecule is CCOC(CCOc1cc([N+](=O)[O-])ccc1OC)OCC. The summed E-state index contributed by atoms with van der Waals surface area (Å²) < 4.78 is 21.5. The molecule has 0 N–H and O–H groups in total. The molecule has 0 radical (unpaired) electrons. The highest BCUT2D eigenvalue weighted by Crippen LogP contribution is 2.31. The molecule has 7 nitrogen and oxygen atoms in total. The Labute approximate surface area is 123 Å². The average Bonchev–Trinajstić information content (AvgIpc) is 2.47. The van der Waals surface area contributed by atoms with Crippen molar-refractivity contribution in [1.29, 1.82) is 0 Å². The Morgan fingerprint density at radius 1 is 1.19 bits per heavy atom. The van der Waals surface area contributed by atoms with Gasteiger partial charge in [-0.05, 0) is 19.9 Å². The van der Waals surface area contributed by atoms with Crippen LogP contribution in [0.15, 0.2) is 18.2 Å². The third-order valence-corrected chi connectivity index (χ3v) is 2.67. The maximum absolute atomic E-state index is 10.8. The summed E-state index contributed by atoms with van der Waals surface area (Å²) in [4.78, 5) is 10.3. The van der Waals surface area contributed by atoms with E-state index in [0.29, 0.717) is 37.7 Å². The van der Waals surface area contributed by atoms with Gasteiger partial charge < -0.3 is 18.9 Å². The molecule has 0 atom stereocenters. The largest absolute Gasteiger partial charge is 0.493 e. The van der Waals surface area contributed by atoms with E-state index in [4.69, 9.17) is 18.9 Å². The highest BCUT2D eigenvalue weighted by Gasteiger charge is 2.14. The Bertz CT molecular complexity index is 445. The Balaban J connectivity index is 2.64. The van der Waals surface area contributed by atoms with Crippen LogP contribution in [0, 0.1) is 10.1 Å². The number of non-ortho nitro benzene ring substituents is 1. The lowest BCUT2D eigenvalue weighted by atomic mass is 10.3. The van der Waals surface area contributed by atoms with Gasteiger partial charge in [0.2, 0.25) is 0 Å². The minimum Gasteiger partial charge on any atom is -0.493 e. The van der Waals surface area contributed by atoms with Crippen molar-refractivity contribution in [3.63, 3.8) is 0 Å². The fourth-order valence-electron chi connectivity index (χ4n) is 1.74. The van der Waals surface area contributed by atoms with E-state index in [9.17, 15) is 10.1 Å². The lowest BCUT2D eigenvalue weighted by molar-refractivity contribution is -0.385. The summed E-state index contributed by atoms with van der Waals surface area (Å²) in [5.41, 5.74) is -0.0445. The maximum Gasteiger partial charge on any atom is 0.273 e. The highest BCUT2D eigenvalue weighted by molar-refractivity contribution is 5.48. The molecule has 118 valence electrons. The molecule has 0 amide bonds. The first-order valence-electron chi connectivity index (χ1n) is 6.80. The summed E-state index contributed by atoms with van der Waals surface area (Å²) in [5.74, 6) is 0.781. The Morgan fingerprint density at radius 2 is 1.86 bits per heavy atom. The minimum absolute atomic E-state index is 0.0445. The van der Waals surface area contributed by atoms with E-state index in [-0.39, 0.29) is 12.0 Å². The number of nitrogens with zero attached hydrogens (tertiary/aromatic N) is 1. The van der Waals surface area contributed by atoms with Gasteiger partial charge in [0.1, 0.15) is 0 Å². The lowest BCUT2D eigenvalue weighted by Gasteiger charge is -2.17. The van der Waals surface area contributed by atoms with Gasteiger partial charge in [-0.15, -0.1) is 0 Å². The molecule has 7 heteroatoms. The van der Waals surface area contributed by atoms with Crippen LogP contribution in [0.1, 0.15) is 20.3 Å². The van der Waals surface area contributed by atoms with Gasteiger partial charge >= 0.3 is 0 Å². The number of benzene rings is 1. The molecule has 0 bridgehead atoms. The molecular weight excluding hydrogens is 278 g/mol. The van der Waals surface area contributed by atoms with Crippen molar-refractivity contribution in [2.75, 3.05) is 26.9 Å². The van der Waals surface area contributed by atoms with Crippen molar-refractivity contribution < 1.29 is 23.9 Å². The summed E-state index contributed by atoms with van der Waals surface area (Å²) in [5, 5.41) is 10.8. The fraction of sp³-hybridized carbons (Fsp3) is 0.571. The van der Waals surface area contributed by atoms with E-state index in [2.05, 4.69) is 0 Å². The third kappa shape index (κ3) is 5.57. The molecule has 0 aliphatic heterocycles. The van der Waals surface area contributed by atoms with Gasteiger partial charge in [0.15, 0.2) is 17.8 Å². The number of methoxy groups -OCH3 is 1. The molecular formula is C14H21NO6. The van der Waals surface area contributed by atoms with Crippen molar-refractivity contribution in [2.24, 2.45) is 0 Å².